The van der Waals surface area contributed by atoms with Gasteiger partial charge in [0.1, 0.15) is 0 Å². The summed E-state index contributed by atoms with van der Waals surface area (Å²) in [4.78, 5) is 15.1. The molecule has 1 heterocycles. The molecule has 0 aromatic heterocycles. The zero-order valence-corrected chi connectivity index (χ0v) is 21.4. The Morgan fingerprint density at radius 1 is 1.09 bits per heavy atom. The number of morpholine rings is 1. The van der Waals surface area contributed by atoms with Crippen molar-refractivity contribution < 1.29 is 17.9 Å². The fourth-order valence-electron chi connectivity index (χ4n) is 4.86. The Balaban J connectivity index is 1.46. The summed E-state index contributed by atoms with van der Waals surface area (Å²) in [6.45, 7) is 9.75. The number of hydrogen-bond donors (Lipinski definition) is 2. The Hall–Kier alpha value is -1.64. The standard InChI is InChI=1S/C25H41N3O4S/c1-5-6-7-20(4)33(30,31)27-23-10-8-21(9-11-23)25(29)26-22-12-14-24(15-13-22)28-16-18(2)32-19(3)17-28/h12-15,18-21,23,27H,5-11,16-17H2,1-4H3,(H,26,29). The average Bonchev–Trinajstić information content (AvgIpc) is 2.77. The number of rotatable bonds is 9. The van der Waals surface area contributed by atoms with Gasteiger partial charge in [0.2, 0.25) is 15.9 Å². The van der Waals surface area contributed by atoms with Gasteiger partial charge in [-0.3, -0.25) is 4.79 Å². The summed E-state index contributed by atoms with van der Waals surface area (Å²) in [5.74, 6) is -0.0575. The van der Waals surface area contributed by atoms with Gasteiger partial charge < -0.3 is 15.0 Å². The minimum absolute atomic E-state index is 0.0222. The van der Waals surface area contributed by atoms with E-state index in [9.17, 15) is 13.2 Å². The van der Waals surface area contributed by atoms with Crippen molar-refractivity contribution in [2.45, 2.75) is 96.1 Å². The van der Waals surface area contributed by atoms with E-state index in [-0.39, 0.29) is 35.3 Å². The highest BCUT2D eigenvalue weighted by Crippen LogP contribution is 2.28. The highest BCUT2D eigenvalue weighted by atomic mass is 32.2. The van der Waals surface area contributed by atoms with E-state index < -0.39 is 10.0 Å². The summed E-state index contributed by atoms with van der Waals surface area (Å²) in [6.07, 6.45) is 5.79. The third-order valence-electron chi connectivity index (χ3n) is 6.84. The van der Waals surface area contributed by atoms with E-state index in [1.165, 1.54) is 0 Å². The predicted molar refractivity (Wildman–Crippen MR) is 134 cm³/mol. The van der Waals surface area contributed by atoms with Crippen molar-refractivity contribution in [3.8, 4) is 0 Å². The number of hydrogen-bond acceptors (Lipinski definition) is 5. The van der Waals surface area contributed by atoms with Gasteiger partial charge in [-0.05, 0) is 77.1 Å². The van der Waals surface area contributed by atoms with Gasteiger partial charge in [0.15, 0.2) is 0 Å². The zero-order chi connectivity index (χ0) is 24.0. The molecule has 186 valence electrons. The third-order valence-corrected chi connectivity index (χ3v) is 8.80. The SMILES string of the molecule is CCCCC(C)S(=O)(=O)NC1CCC(C(=O)Nc2ccc(N3CC(C)OC(C)C3)cc2)CC1. The van der Waals surface area contributed by atoms with Crippen LogP contribution < -0.4 is 14.9 Å². The maximum atomic E-state index is 12.8. The molecule has 3 unspecified atom stereocenters. The first-order valence-electron chi connectivity index (χ1n) is 12.5. The van der Waals surface area contributed by atoms with Crippen LogP contribution in [0.25, 0.3) is 0 Å². The molecular weight excluding hydrogens is 438 g/mol. The molecule has 2 N–H and O–H groups in total. The number of unbranched alkanes of at least 4 members (excludes halogenated alkanes) is 1. The Labute approximate surface area is 199 Å². The predicted octanol–water partition coefficient (Wildman–Crippen LogP) is 4.30. The number of ether oxygens (including phenoxy) is 1. The van der Waals surface area contributed by atoms with Crippen molar-refractivity contribution in [3.63, 3.8) is 0 Å². The number of nitrogens with one attached hydrogen (secondary N) is 2. The highest BCUT2D eigenvalue weighted by Gasteiger charge is 2.30. The molecule has 1 aliphatic heterocycles. The molecule has 8 heteroatoms. The molecule has 0 radical (unpaired) electrons. The van der Waals surface area contributed by atoms with Gasteiger partial charge in [-0.15, -0.1) is 0 Å². The van der Waals surface area contributed by atoms with E-state index in [2.05, 4.69) is 35.7 Å². The lowest BCUT2D eigenvalue weighted by Gasteiger charge is -2.36. The van der Waals surface area contributed by atoms with Crippen LogP contribution in [0.3, 0.4) is 0 Å². The number of carbonyl (C=O) groups excluding carboxylic acids is 1. The van der Waals surface area contributed by atoms with Gasteiger partial charge in [-0.1, -0.05) is 19.8 Å². The van der Waals surface area contributed by atoms with Crippen molar-refractivity contribution in [3.05, 3.63) is 24.3 Å². The van der Waals surface area contributed by atoms with E-state index in [1.807, 2.05) is 24.3 Å². The molecule has 2 fully saturated rings. The van der Waals surface area contributed by atoms with Crippen molar-refractivity contribution in [2.24, 2.45) is 5.92 Å². The number of nitrogens with zero attached hydrogens (tertiary/aromatic N) is 1. The van der Waals surface area contributed by atoms with Crippen molar-refractivity contribution in [2.75, 3.05) is 23.3 Å². The maximum absolute atomic E-state index is 12.8. The molecule has 2 aliphatic rings. The first-order valence-corrected chi connectivity index (χ1v) is 14.0. The Morgan fingerprint density at radius 2 is 1.70 bits per heavy atom. The molecular formula is C25H41N3O4S. The molecule has 1 aromatic carbocycles. The molecule has 3 atom stereocenters. The summed E-state index contributed by atoms with van der Waals surface area (Å²) >= 11 is 0. The zero-order valence-electron chi connectivity index (χ0n) is 20.5. The lowest BCUT2D eigenvalue weighted by Crippen LogP contribution is -2.45. The number of benzene rings is 1. The second-order valence-corrected chi connectivity index (χ2v) is 12.0. The van der Waals surface area contributed by atoms with Gasteiger partial charge in [0.05, 0.1) is 17.5 Å². The van der Waals surface area contributed by atoms with Crippen LogP contribution in [0, 0.1) is 5.92 Å². The molecule has 1 saturated carbocycles. The normalized spacial score (nSPS) is 27.2. The van der Waals surface area contributed by atoms with Crippen LogP contribution in [-0.4, -0.2) is 50.9 Å². The van der Waals surface area contributed by atoms with E-state index in [0.717, 1.165) is 37.3 Å². The van der Waals surface area contributed by atoms with Gasteiger partial charge in [-0.25, -0.2) is 13.1 Å². The van der Waals surface area contributed by atoms with Gasteiger partial charge in [0, 0.05) is 36.4 Å². The fraction of sp³-hybridized carbons (Fsp3) is 0.720. The second-order valence-electron chi connectivity index (χ2n) is 9.86. The minimum Gasteiger partial charge on any atom is -0.372 e. The lowest BCUT2D eigenvalue weighted by atomic mass is 9.86. The molecule has 0 bridgehead atoms. The summed E-state index contributed by atoms with van der Waals surface area (Å²) < 4.78 is 33.8. The van der Waals surface area contributed by atoms with Crippen molar-refractivity contribution in [1.29, 1.82) is 0 Å². The Bertz CT molecular complexity index is 856. The molecule has 1 amide bonds. The van der Waals surface area contributed by atoms with E-state index in [0.29, 0.717) is 32.1 Å². The molecule has 33 heavy (non-hydrogen) atoms. The first kappa shape index (κ1) is 26.0. The van der Waals surface area contributed by atoms with Crippen molar-refractivity contribution in [1.82, 2.24) is 4.72 Å². The van der Waals surface area contributed by atoms with Crippen LogP contribution in [0.15, 0.2) is 24.3 Å². The summed E-state index contributed by atoms with van der Waals surface area (Å²) in [7, 11) is -3.30. The molecule has 1 aromatic rings. The van der Waals surface area contributed by atoms with Crippen LogP contribution in [0.5, 0.6) is 0 Å². The molecule has 1 saturated heterocycles. The fourth-order valence-corrected chi connectivity index (χ4v) is 6.27. The highest BCUT2D eigenvalue weighted by molar-refractivity contribution is 7.90. The number of carbonyl (C=O) groups is 1. The van der Waals surface area contributed by atoms with Crippen LogP contribution in [0.4, 0.5) is 11.4 Å². The third kappa shape index (κ3) is 7.42. The quantitative estimate of drug-likeness (QED) is 0.551. The topological polar surface area (TPSA) is 87.7 Å². The maximum Gasteiger partial charge on any atom is 0.227 e. The number of sulfonamides is 1. The number of amides is 1. The molecule has 3 rings (SSSR count). The molecule has 1 aliphatic carbocycles. The van der Waals surface area contributed by atoms with Crippen LogP contribution in [-0.2, 0) is 19.6 Å². The van der Waals surface area contributed by atoms with E-state index in [4.69, 9.17) is 4.74 Å². The van der Waals surface area contributed by atoms with Crippen LogP contribution >= 0.6 is 0 Å². The van der Waals surface area contributed by atoms with Gasteiger partial charge in [0.25, 0.3) is 0 Å². The van der Waals surface area contributed by atoms with Crippen LogP contribution in [0.2, 0.25) is 0 Å². The Morgan fingerprint density at radius 3 is 2.27 bits per heavy atom. The monoisotopic (exact) mass is 479 g/mol. The van der Waals surface area contributed by atoms with Crippen molar-refractivity contribution >= 4 is 27.3 Å². The first-order chi connectivity index (χ1) is 15.7. The van der Waals surface area contributed by atoms with Gasteiger partial charge in [-0.2, -0.15) is 0 Å². The number of anilines is 2. The van der Waals surface area contributed by atoms with Crippen LogP contribution in [0.1, 0.15) is 72.6 Å². The second kappa shape index (κ2) is 11.7. The minimum atomic E-state index is -3.30. The van der Waals surface area contributed by atoms with E-state index >= 15 is 0 Å². The average molecular weight is 480 g/mol. The summed E-state index contributed by atoms with van der Waals surface area (Å²) in [5.41, 5.74) is 1.93. The molecule has 0 spiro atoms. The summed E-state index contributed by atoms with van der Waals surface area (Å²) in [5, 5.41) is 2.67. The molecule has 7 nitrogen and oxygen atoms in total. The van der Waals surface area contributed by atoms with Gasteiger partial charge >= 0.3 is 0 Å². The lowest BCUT2D eigenvalue weighted by molar-refractivity contribution is -0.120. The Kier molecular flexibility index (Phi) is 9.18. The summed E-state index contributed by atoms with van der Waals surface area (Å²) in [6, 6.07) is 7.93. The van der Waals surface area contributed by atoms with E-state index in [1.54, 1.807) is 6.92 Å². The largest absolute Gasteiger partial charge is 0.372 e. The smallest absolute Gasteiger partial charge is 0.227 e.